The minimum absolute atomic E-state index is 0.0109. The van der Waals surface area contributed by atoms with Gasteiger partial charge in [0.25, 0.3) is 0 Å². The molecule has 43 heavy (non-hydrogen) atoms. The maximum absolute atomic E-state index is 13.6. The fourth-order valence-corrected chi connectivity index (χ4v) is 7.30. The smallest absolute Gasteiger partial charge is 0.243 e. The van der Waals surface area contributed by atoms with Crippen LogP contribution < -0.4 is 4.74 Å². The first kappa shape index (κ1) is 31.2. The number of ether oxygens (including phenoxy) is 1. The second-order valence-electron chi connectivity index (χ2n) is 11.3. The molecule has 228 valence electrons. The van der Waals surface area contributed by atoms with Crippen molar-refractivity contribution in [2.45, 2.75) is 56.4 Å². The zero-order valence-corrected chi connectivity index (χ0v) is 26.0. The van der Waals surface area contributed by atoms with Gasteiger partial charge in [0.05, 0.1) is 11.5 Å². The van der Waals surface area contributed by atoms with Crippen LogP contribution in [0, 0.1) is 20.8 Å². The molecule has 0 spiro atoms. The zero-order valence-electron chi connectivity index (χ0n) is 24.5. The Hall–Kier alpha value is -3.28. The van der Waals surface area contributed by atoms with E-state index in [1.807, 2.05) is 69.3 Å². The number of rotatable bonds is 11. The predicted molar refractivity (Wildman–Crippen MR) is 164 cm³/mol. The molecular formula is C32H36ClN3O6S. The summed E-state index contributed by atoms with van der Waals surface area (Å²) in [5, 5.41) is 23.5. The largest absolute Gasteiger partial charge is 0.490 e. The molecular weight excluding hydrogens is 590 g/mol. The minimum Gasteiger partial charge on any atom is -0.490 e. The fraction of sp³-hybridized carbons (Fsp3) is 0.375. The normalized spacial score (nSPS) is 18.2. The van der Waals surface area contributed by atoms with Gasteiger partial charge in [0.2, 0.25) is 21.7 Å². The molecule has 9 nitrogen and oxygen atoms in total. The summed E-state index contributed by atoms with van der Waals surface area (Å²) in [6, 6.07) is 18.3. The maximum Gasteiger partial charge on any atom is 0.243 e. The number of aliphatic hydroxyl groups is 2. The van der Waals surface area contributed by atoms with E-state index in [4.69, 9.17) is 26.0 Å². The predicted octanol–water partition coefficient (Wildman–Crippen LogP) is 5.01. The lowest BCUT2D eigenvalue weighted by molar-refractivity contribution is 0.0532. The fourth-order valence-electron chi connectivity index (χ4n) is 5.65. The molecule has 1 aromatic heterocycles. The molecule has 2 heterocycles. The van der Waals surface area contributed by atoms with Crippen molar-refractivity contribution in [1.29, 1.82) is 0 Å². The van der Waals surface area contributed by atoms with Crippen molar-refractivity contribution in [3.8, 4) is 17.1 Å². The molecule has 1 fully saturated rings. The molecule has 0 bridgehead atoms. The Morgan fingerprint density at radius 1 is 1.07 bits per heavy atom. The van der Waals surface area contributed by atoms with E-state index in [1.165, 1.54) is 0 Å². The van der Waals surface area contributed by atoms with Crippen molar-refractivity contribution >= 4 is 21.6 Å². The van der Waals surface area contributed by atoms with Crippen LogP contribution in [-0.2, 0) is 21.9 Å². The van der Waals surface area contributed by atoms with E-state index in [0.29, 0.717) is 54.8 Å². The second kappa shape index (κ2) is 12.8. The van der Waals surface area contributed by atoms with Crippen LogP contribution in [0.1, 0.15) is 41.0 Å². The summed E-state index contributed by atoms with van der Waals surface area (Å²) < 4.78 is 40.0. The van der Waals surface area contributed by atoms with Gasteiger partial charge in [-0.2, -0.15) is 9.29 Å². The van der Waals surface area contributed by atoms with E-state index in [1.54, 1.807) is 16.4 Å². The van der Waals surface area contributed by atoms with Crippen LogP contribution in [0.2, 0.25) is 5.02 Å². The molecule has 0 amide bonds. The monoisotopic (exact) mass is 625 g/mol. The number of hydrogen-bond acceptors (Lipinski definition) is 8. The maximum atomic E-state index is 13.6. The van der Waals surface area contributed by atoms with Gasteiger partial charge in [-0.15, -0.1) is 0 Å². The molecule has 3 aromatic carbocycles. The number of benzene rings is 3. The van der Waals surface area contributed by atoms with Crippen molar-refractivity contribution < 1.29 is 27.9 Å². The summed E-state index contributed by atoms with van der Waals surface area (Å²) in [5.41, 5.74) is 4.02. The number of aliphatic hydroxyl groups excluding tert-OH is 2. The molecule has 1 aliphatic heterocycles. The van der Waals surface area contributed by atoms with Crippen LogP contribution in [0.3, 0.4) is 0 Å². The summed E-state index contributed by atoms with van der Waals surface area (Å²) in [6.07, 6.45) is 0.760. The van der Waals surface area contributed by atoms with E-state index >= 15 is 0 Å². The highest BCUT2D eigenvalue weighted by Gasteiger charge is 2.44. The Kier molecular flexibility index (Phi) is 9.24. The molecule has 11 heteroatoms. The third-order valence-electron chi connectivity index (χ3n) is 8.07. The molecule has 0 saturated carbocycles. The molecule has 4 aromatic rings. The van der Waals surface area contributed by atoms with Crippen LogP contribution in [0.4, 0.5) is 0 Å². The molecule has 1 saturated heterocycles. The van der Waals surface area contributed by atoms with Crippen molar-refractivity contribution in [2.24, 2.45) is 0 Å². The van der Waals surface area contributed by atoms with Gasteiger partial charge in [0.15, 0.2) is 0 Å². The summed E-state index contributed by atoms with van der Waals surface area (Å²) in [4.78, 5) is 4.95. The van der Waals surface area contributed by atoms with Crippen molar-refractivity contribution in [3.63, 3.8) is 0 Å². The van der Waals surface area contributed by atoms with Crippen LogP contribution in [-0.4, -0.2) is 65.5 Å². The number of aryl methyl sites for hydroxylation is 4. The molecule has 5 rings (SSSR count). The molecule has 1 aliphatic rings. The summed E-state index contributed by atoms with van der Waals surface area (Å²) in [5.74, 6) is 1.54. The summed E-state index contributed by atoms with van der Waals surface area (Å²) in [7, 11) is -3.66. The van der Waals surface area contributed by atoms with E-state index in [9.17, 15) is 13.5 Å². The van der Waals surface area contributed by atoms with Gasteiger partial charge < -0.3 is 19.5 Å². The van der Waals surface area contributed by atoms with E-state index in [-0.39, 0.29) is 18.1 Å². The van der Waals surface area contributed by atoms with Gasteiger partial charge in [-0.25, -0.2) is 8.42 Å². The number of hydrogen-bond donors (Lipinski definition) is 2. The first-order chi connectivity index (χ1) is 20.5. The number of aromatic nitrogens is 2. The van der Waals surface area contributed by atoms with E-state index < -0.39 is 21.5 Å². The van der Waals surface area contributed by atoms with Crippen LogP contribution in [0.25, 0.3) is 11.4 Å². The highest BCUT2D eigenvalue weighted by Crippen LogP contribution is 2.41. The Morgan fingerprint density at radius 3 is 2.40 bits per heavy atom. The standard InChI is InChI=1S/C32H36ClN3O6S/c1-21-4-10-28(11-5-21)43(39,40)36-15-14-32(20-36,25-6-8-26(33)9-7-25)13-12-29-34-31(35-42-29)24-16-22(2)30(23(3)17-24)41-19-27(38)18-37/h4-11,16-17,27,37-38H,12-15,18-20H2,1-3H3/t27-,32?/m0/s1. The molecule has 1 unspecified atom stereocenters. The first-order valence-electron chi connectivity index (χ1n) is 14.2. The Labute approximate surface area is 257 Å². The van der Waals surface area contributed by atoms with Gasteiger partial charge in [0.1, 0.15) is 18.5 Å². The van der Waals surface area contributed by atoms with Crippen molar-refractivity contribution in [3.05, 3.63) is 93.8 Å². The zero-order chi connectivity index (χ0) is 30.8. The Morgan fingerprint density at radius 2 is 1.74 bits per heavy atom. The van der Waals surface area contributed by atoms with Gasteiger partial charge in [-0.1, -0.05) is 46.6 Å². The van der Waals surface area contributed by atoms with Crippen LogP contribution in [0.5, 0.6) is 5.75 Å². The van der Waals surface area contributed by atoms with E-state index in [0.717, 1.165) is 27.8 Å². The highest BCUT2D eigenvalue weighted by atomic mass is 35.5. The second-order valence-corrected chi connectivity index (χ2v) is 13.7. The lowest BCUT2D eigenvalue weighted by Gasteiger charge is -2.30. The summed E-state index contributed by atoms with van der Waals surface area (Å²) >= 11 is 6.19. The van der Waals surface area contributed by atoms with Gasteiger partial charge in [-0.3, -0.25) is 0 Å². The van der Waals surface area contributed by atoms with Crippen LogP contribution in [0.15, 0.2) is 70.1 Å². The molecule has 0 radical (unpaired) electrons. The van der Waals surface area contributed by atoms with Crippen LogP contribution >= 0.6 is 11.6 Å². The SMILES string of the molecule is Cc1ccc(S(=O)(=O)N2CCC(CCc3nc(-c4cc(C)c(OC[C@@H](O)CO)c(C)c4)no3)(c3ccc(Cl)cc3)C2)cc1. The minimum atomic E-state index is -3.66. The highest BCUT2D eigenvalue weighted by molar-refractivity contribution is 7.89. The van der Waals surface area contributed by atoms with Gasteiger partial charge in [-0.05, 0) is 86.7 Å². The average molecular weight is 626 g/mol. The average Bonchev–Trinajstić information content (AvgIpc) is 3.65. The quantitative estimate of drug-likeness (QED) is 0.238. The molecule has 2 N–H and O–H groups in total. The van der Waals surface area contributed by atoms with Crippen molar-refractivity contribution in [1.82, 2.24) is 14.4 Å². The van der Waals surface area contributed by atoms with Gasteiger partial charge in [0, 0.05) is 35.5 Å². The van der Waals surface area contributed by atoms with Crippen molar-refractivity contribution in [2.75, 3.05) is 26.3 Å². The number of sulfonamides is 1. The Balaban J connectivity index is 1.35. The Bertz CT molecular complexity index is 1650. The number of halogens is 1. The number of nitrogens with zero attached hydrogens (tertiary/aromatic N) is 3. The van der Waals surface area contributed by atoms with Gasteiger partial charge >= 0.3 is 0 Å². The molecule has 0 aliphatic carbocycles. The lowest BCUT2D eigenvalue weighted by Crippen LogP contribution is -2.35. The third-order valence-corrected chi connectivity index (χ3v) is 10.2. The summed E-state index contributed by atoms with van der Waals surface area (Å²) in [6.45, 7) is 6.06. The lowest BCUT2D eigenvalue weighted by atomic mass is 9.76. The molecule has 2 atom stereocenters. The first-order valence-corrected chi connectivity index (χ1v) is 16.0. The topological polar surface area (TPSA) is 126 Å². The third kappa shape index (κ3) is 6.78. The van der Waals surface area contributed by atoms with E-state index in [2.05, 4.69) is 10.1 Å².